The first-order valence-electron chi connectivity index (χ1n) is 5.34. The summed E-state index contributed by atoms with van der Waals surface area (Å²) < 4.78 is 2.25. The number of halogens is 1. The van der Waals surface area contributed by atoms with Crippen LogP contribution in [0.5, 0.6) is 0 Å². The van der Waals surface area contributed by atoms with Gasteiger partial charge in [-0.2, -0.15) is 0 Å². The Hall–Kier alpha value is -1.03. The molecule has 3 aromatic rings. The monoisotopic (exact) mass is 321 g/mol. The lowest BCUT2D eigenvalue weighted by molar-refractivity contribution is 1.43. The minimum atomic E-state index is 1.31. The van der Waals surface area contributed by atoms with E-state index >= 15 is 0 Å². The quantitative estimate of drug-likeness (QED) is 0.533. The Morgan fingerprint density at radius 1 is 0.812 bits per heavy atom. The van der Waals surface area contributed by atoms with Gasteiger partial charge in [-0.15, -0.1) is 0 Å². The molecule has 0 N–H and O–H groups in total. The summed E-state index contributed by atoms with van der Waals surface area (Å²) in [6.45, 7) is 4.28. The number of hydrogen-bond acceptors (Lipinski definition) is 0. The van der Waals surface area contributed by atoms with Crippen LogP contribution in [0.15, 0.2) is 36.4 Å². The molecule has 1 nitrogen and oxygen atoms in total. The molecule has 0 saturated carbocycles. The van der Waals surface area contributed by atoms with Crippen molar-refractivity contribution in [2.75, 3.05) is 0 Å². The average molecular weight is 321 g/mol. The maximum Gasteiger partial charge on any atom is 0.0646 e. The molecule has 0 bridgehead atoms. The van der Waals surface area contributed by atoms with Crippen LogP contribution in [0.2, 0.25) is 0 Å². The van der Waals surface area contributed by atoms with E-state index in [1.165, 1.54) is 32.9 Å². The Morgan fingerprint density at radius 2 is 1.25 bits per heavy atom. The van der Waals surface area contributed by atoms with Gasteiger partial charge >= 0.3 is 0 Å². The zero-order chi connectivity index (χ0) is 11.3. The van der Waals surface area contributed by atoms with Crippen molar-refractivity contribution in [1.82, 2.24) is 2.78 Å². The predicted molar refractivity (Wildman–Crippen MR) is 78.3 cm³/mol. The molecule has 0 aliphatic rings. The second kappa shape index (κ2) is 3.48. The number of benzene rings is 2. The van der Waals surface area contributed by atoms with Crippen molar-refractivity contribution in [1.29, 1.82) is 0 Å². The molecule has 0 atom stereocenters. The minimum Gasteiger partial charge on any atom is -0.282 e. The van der Waals surface area contributed by atoms with E-state index < -0.39 is 0 Å². The molecule has 0 unspecified atom stereocenters. The standard InChI is InChI=1S/C14H12IN/c1-9-3-5-11-12-6-4-10(2)8-14(12)16(15)13(11)7-9/h3-8H,1-2H3. The molecule has 2 heteroatoms. The van der Waals surface area contributed by atoms with E-state index in [9.17, 15) is 0 Å². The maximum atomic E-state index is 2.38. The summed E-state index contributed by atoms with van der Waals surface area (Å²) in [5.74, 6) is 0. The summed E-state index contributed by atoms with van der Waals surface area (Å²) in [7, 11) is 0. The summed E-state index contributed by atoms with van der Waals surface area (Å²) in [5.41, 5.74) is 5.23. The lowest BCUT2D eigenvalue weighted by Crippen LogP contribution is -1.79. The Bertz CT molecular complexity index is 635. The van der Waals surface area contributed by atoms with Crippen LogP contribution in [0, 0.1) is 13.8 Å². The van der Waals surface area contributed by atoms with Gasteiger partial charge in [0, 0.05) is 10.8 Å². The van der Waals surface area contributed by atoms with E-state index in [1.54, 1.807) is 0 Å². The average Bonchev–Trinajstić information content (AvgIpc) is 2.53. The van der Waals surface area contributed by atoms with E-state index in [2.05, 4.69) is 75.9 Å². The second-order valence-electron chi connectivity index (χ2n) is 4.32. The highest BCUT2D eigenvalue weighted by atomic mass is 127. The highest BCUT2D eigenvalue weighted by Gasteiger charge is 2.08. The Balaban J connectivity index is 2.59. The van der Waals surface area contributed by atoms with Crippen LogP contribution in [0.3, 0.4) is 0 Å². The van der Waals surface area contributed by atoms with Crippen molar-refractivity contribution in [3.8, 4) is 0 Å². The number of nitrogens with zero attached hydrogens (tertiary/aromatic N) is 1. The molecule has 0 amide bonds. The van der Waals surface area contributed by atoms with Crippen molar-refractivity contribution >= 4 is 44.7 Å². The number of rotatable bonds is 0. The maximum absolute atomic E-state index is 2.38. The molecule has 0 spiro atoms. The van der Waals surface area contributed by atoms with Crippen LogP contribution >= 0.6 is 22.9 Å². The normalized spacial score (nSPS) is 11.4. The molecule has 80 valence electrons. The molecule has 2 aromatic carbocycles. The molecule has 0 radical (unpaired) electrons. The molecule has 1 heterocycles. The molecule has 1 aromatic heterocycles. The fourth-order valence-electron chi connectivity index (χ4n) is 2.19. The van der Waals surface area contributed by atoms with E-state index in [0.29, 0.717) is 0 Å². The third-order valence-corrected chi connectivity index (χ3v) is 4.06. The first-order chi connectivity index (χ1) is 7.66. The van der Waals surface area contributed by atoms with E-state index in [1.807, 2.05) is 0 Å². The van der Waals surface area contributed by atoms with Gasteiger partial charge in [-0.25, -0.2) is 0 Å². The van der Waals surface area contributed by atoms with Crippen molar-refractivity contribution in [3.05, 3.63) is 47.5 Å². The van der Waals surface area contributed by atoms with Gasteiger partial charge in [0.05, 0.1) is 33.9 Å². The van der Waals surface area contributed by atoms with Crippen molar-refractivity contribution < 1.29 is 0 Å². The third-order valence-electron chi connectivity index (χ3n) is 3.02. The van der Waals surface area contributed by atoms with Crippen LogP contribution in [0.25, 0.3) is 21.8 Å². The van der Waals surface area contributed by atoms with Crippen molar-refractivity contribution in [2.45, 2.75) is 13.8 Å². The Morgan fingerprint density at radius 3 is 1.69 bits per heavy atom. The molecule has 0 saturated heterocycles. The number of fused-ring (bicyclic) bond motifs is 3. The number of aryl methyl sites for hydroxylation is 2. The zero-order valence-electron chi connectivity index (χ0n) is 9.29. The highest BCUT2D eigenvalue weighted by Crippen LogP contribution is 2.31. The molecule has 0 aliphatic carbocycles. The Labute approximate surface area is 109 Å². The van der Waals surface area contributed by atoms with E-state index in [-0.39, 0.29) is 0 Å². The van der Waals surface area contributed by atoms with E-state index in [0.717, 1.165) is 0 Å². The van der Waals surface area contributed by atoms with Crippen molar-refractivity contribution in [2.24, 2.45) is 0 Å². The molecule has 0 fully saturated rings. The fourth-order valence-corrected chi connectivity index (χ4v) is 2.99. The summed E-state index contributed by atoms with van der Waals surface area (Å²) in [4.78, 5) is 0. The van der Waals surface area contributed by atoms with Gasteiger partial charge in [-0.05, 0) is 37.1 Å². The highest BCUT2D eigenvalue weighted by molar-refractivity contribution is 14.1. The lowest BCUT2D eigenvalue weighted by atomic mass is 10.1. The molecule has 3 rings (SSSR count). The first kappa shape index (κ1) is 10.1. The summed E-state index contributed by atoms with van der Waals surface area (Å²) in [6.07, 6.45) is 0. The van der Waals surface area contributed by atoms with Crippen LogP contribution < -0.4 is 0 Å². The topological polar surface area (TPSA) is 4.93 Å². The Kier molecular flexibility index (Phi) is 2.21. The molecule has 16 heavy (non-hydrogen) atoms. The third kappa shape index (κ3) is 1.36. The second-order valence-corrected chi connectivity index (χ2v) is 5.29. The van der Waals surface area contributed by atoms with Crippen LogP contribution in [-0.4, -0.2) is 2.78 Å². The lowest BCUT2D eigenvalue weighted by Gasteiger charge is -1.96. The van der Waals surface area contributed by atoms with Gasteiger partial charge in [-0.3, -0.25) is 2.78 Å². The van der Waals surface area contributed by atoms with Crippen LogP contribution in [-0.2, 0) is 0 Å². The van der Waals surface area contributed by atoms with Gasteiger partial charge in [0.2, 0.25) is 0 Å². The van der Waals surface area contributed by atoms with Crippen molar-refractivity contribution in [3.63, 3.8) is 0 Å². The SMILES string of the molecule is Cc1ccc2c3ccc(C)cc3n(I)c2c1. The molecular weight excluding hydrogens is 309 g/mol. The number of aromatic nitrogens is 1. The molecular formula is C14H12IN. The van der Waals surface area contributed by atoms with Gasteiger partial charge in [0.15, 0.2) is 0 Å². The van der Waals surface area contributed by atoms with E-state index in [4.69, 9.17) is 0 Å². The van der Waals surface area contributed by atoms with Gasteiger partial charge in [0.25, 0.3) is 0 Å². The fraction of sp³-hybridized carbons (Fsp3) is 0.143. The van der Waals surface area contributed by atoms with Gasteiger partial charge in [-0.1, -0.05) is 24.3 Å². The summed E-state index contributed by atoms with van der Waals surface area (Å²) in [6, 6.07) is 13.3. The van der Waals surface area contributed by atoms with Gasteiger partial charge in [0.1, 0.15) is 0 Å². The molecule has 0 aliphatic heterocycles. The smallest absolute Gasteiger partial charge is 0.0646 e. The van der Waals surface area contributed by atoms with Crippen LogP contribution in [0.1, 0.15) is 11.1 Å². The van der Waals surface area contributed by atoms with Gasteiger partial charge < -0.3 is 0 Å². The predicted octanol–water partition coefficient (Wildman–Crippen LogP) is 4.61. The van der Waals surface area contributed by atoms with Crippen LogP contribution in [0.4, 0.5) is 0 Å². The minimum absolute atomic E-state index is 1.31. The summed E-state index contributed by atoms with van der Waals surface area (Å²) in [5, 5.41) is 2.69. The first-order valence-corrected chi connectivity index (χ1v) is 6.31. The number of hydrogen-bond donors (Lipinski definition) is 0. The zero-order valence-corrected chi connectivity index (χ0v) is 11.4. The summed E-state index contributed by atoms with van der Waals surface area (Å²) >= 11 is 2.38. The largest absolute Gasteiger partial charge is 0.282 e.